The van der Waals surface area contributed by atoms with Gasteiger partial charge in [0.1, 0.15) is 0 Å². The third kappa shape index (κ3) is 2.55. The monoisotopic (exact) mass is 205 g/mol. The van der Waals surface area contributed by atoms with Crippen molar-refractivity contribution in [2.75, 3.05) is 25.5 Å². The molecule has 0 aliphatic rings. The smallest absolute Gasteiger partial charge is 0.0885 e. The van der Waals surface area contributed by atoms with Crippen LogP contribution in [0.5, 0.6) is 0 Å². The Balaban J connectivity index is 3.19. The lowest BCUT2D eigenvalue weighted by Gasteiger charge is -2.20. The summed E-state index contributed by atoms with van der Waals surface area (Å²) < 4.78 is 0. The van der Waals surface area contributed by atoms with E-state index in [-0.39, 0.29) is 0 Å². The van der Waals surface area contributed by atoms with E-state index in [4.69, 9.17) is 0 Å². The van der Waals surface area contributed by atoms with E-state index in [1.54, 1.807) is 7.05 Å². The van der Waals surface area contributed by atoms with Crippen molar-refractivity contribution in [1.82, 2.24) is 0 Å². The van der Waals surface area contributed by atoms with Gasteiger partial charge in [0.05, 0.1) is 5.69 Å². The fourth-order valence-electron chi connectivity index (χ4n) is 1.58. The van der Waals surface area contributed by atoms with Gasteiger partial charge in [-0.2, -0.15) is 10.2 Å². The molecule has 1 aromatic carbocycles. The van der Waals surface area contributed by atoms with Gasteiger partial charge < -0.3 is 4.90 Å². The van der Waals surface area contributed by atoms with Crippen molar-refractivity contribution < 1.29 is 0 Å². The molecule has 0 amide bonds. The summed E-state index contributed by atoms with van der Waals surface area (Å²) in [5.41, 5.74) is 4.64. The summed E-state index contributed by atoms with van der Waals surface area (Å²) in [6.07, 6.45) is 0. The number of rotatable bonds is 3. The molecule has 0 radical (unpaired) electrons. The molecule has 0 heterocycles. The van der Waals surface area contributed by atoms with E-state index in [1.807, 2.05) is 0 Å². The van der Waals surface area contributed by atoms with Crippen molar-refractivity contribution >= 4 is 11.4 Å². The van der Waals surface area contributed by atoms with Crippen LogP contribution in [0.3, 0.4) is 0 Å². The molecule has 1 rings (SSSR count). The third-order valence-corrected chi connectivity index (χ3v) is 2.61. The van der Waals surface area contributed by atoms with Crippen molar-refractivity contribution in [2.24, 2.45) is 10.2 Å². The van der Waals surface area contributed by atoms with Crippen molar-refractivity contribution in [3.63, 3.8) is 0 Å². The topological polar surface area (TPSA) is 28.0 Å². The van der Waals surface area contributed by atoms with Gasteiger partial charge in [0.2, 0.25) is 0 Å². The molecule has 0 N–H and O–H groups in total. The predicted octanol–water partition coefficient (Wildman–Crippen LogP) is 3.47. The van der Waals surface area contributed by atoms with Crippen LogP contribution in [0.1, 0.15) is 18.1 Å². The van der Waals surface area contributed by atoms with Crippen LogP contribution in [0.2, 0.25) is 0 Å². The van der Waals surface area contributed by atoms with Crippen LogP contribution in [0, 0.1) is 13.8 Å². The minimum Gasteiger partial charge on any atom is -0.375 e. The Bertz CT molecular complexity index is 369. The Labute approximate surface area is 91.8 Å². The van der Waals surface area contributed by atoms with Gasteiger partial charge in [-0.05, 0) is 44.0 Å². The molecule has 3 nitrogen and oxygen atoms in total. The van der Waals surface area contributed by atoms with Gasteiger partial charge in [-0.25, -0.2) is 0 Å². The molecule has 1 aromatic rings. The van der Waals surface area contributed by atoms with Crippen molar-refractivity contribution in [3.8, 4) is 0 Å². The molecule has 0 atom stereocenters. The van der Waals surface area contributed by atoms with Gasteiger partial charge in [0.15, 0.2) is 0 Å². The predicted molar refractivity (Wildman–Crippen MR) is 65.3 cm³/mol. The Morgan fingerprint density at radius 2 is 1.87 bits per heavy atom. The molecule has 0 aromatic heterocycles. The summed E-state index contributed by atoms with van der Waals surface area (Å²) in [4.78, 5) is 2.23. The average Bonchev–Trinajstić information content (AvgIpc) is 2.22. The quantitative estimate of drug-likeness (QED) is 0.694. The Morgan fingerprint density at radius 3 is 2.40 bits per heavy atom. The number of benzene rings is 1. The van der Waals surface area contributed by atoms with Gasteiger partial charge in [-0.1, -0.05) is 0 Å². The van der Waals surface area contributed by atoms with Crippen LogP contribution >= 0.6 is 0 Å². The molecule has 0 aliphatic heterocycles. The second-order valence-electron chi connectivity index (χ2n) is 3.74. The first-order valence-electron chi connectivity index (χ1n) is 5.22. The molecular weight excluding hydrogens is 186 g/mol. The van der Waals surface area contributed by atoms with Crippen LogP contribution in [0.15, 0.2) is 22.4 Å². The van der Waals surface area contributed by atoms with Crippen molar-refractivity contribution in [1.29, 1.82) is 0 Å². The van der Waals surface area contributed by atoms with Gasteiger partial charge in [0.25, 0.3) is 0 Å². The minimum absolute atomic E-state index is 0.961. The van der Waals surface area contributed by atoms with Crippen LogP contribution < -0.4 is 4.90 Å². The minimum atomic E-state index is 0.961. The summed E-state index contributed by atoms with van der Waals surface area (Å²) >= 11 is 0. The molecule has 82 valence electrons. The van der Waals surface area contributed by atoms with E-state index in [1.165, 1.54) is 16.8 Å². The molecule has 0 unspecified atom stereocenters. The van der Waals surface area contributed by atoms with Gasteiger partial charge in [-0.3, -0.25) is 0 Å². The summed E-state index contributed by atoms with van der Waals surface area (Å²) in [6.45, 7) is 7.33. The highest BCUT2D eigenvalue weighted by Crippen LogP contribution is 2.28. The van der Waals surface area contributed by atoms with Crippen molar-refractivity contribution in [3.05, 3.63) is 23.3 Å². The zero-order chi connectivity index (χ0) is 11.4. The number of hydrogen-bond acceptors (Lipinski definition) is 3. The largest absolute Gasteiger partial charge is 0.375 e. The lowest BCUT2D eigenvalue weighted by molar-refractivity contribution is 0.959. The summed E-state index contributed by atoms with van der Waals surface area (Å²) in [6, 6.07) is 4.26. The van der Waals surface area contributed by atoms with E-state index in [2.05, 4.69) is 55.1 Å². The Morgan fingerprint density at radius 1 is 1.20 bits per heavy atom. The second-order valence-corrected chi connectivity index (χ2v) is 3.74. The van der Waals surface area contributed by atoms with Crippen LogP contribution in [-0.2, 0) is 0 Å². The van der Waals surface area contributed by atoms with E-state index < -0.39 is 0 Å². The average molecular weight is 205 g/mol. The zero-order valence-corrected chi connectivity index (χ0v) is 10.2. The zero-order valence-electron chi connectivity index (χ0n) is 10.2. The van der Waals surface area contributed by atoms with Crippen LogP contribution in [-0.4, -0.2) is 20.6 Å². The standard InChI is InChI=1S/C12H19N3/c1-6-15(5)12-8-9(2)11(14-13-4)7-10(12)3/h7-8H,6H2,1-5H3. The fraction of sp³-hybridized carbons (Fsp3) is 0.500. The van der Waals surface area contributed by atoms with Crippen LogP contribution in [0.25, 0.3) is 0 Å². The lowest BCUT2D eigenvalue weighted by atomic mass is 10.1. The van der Waals surface area contributed by atoms with Gasteiger partial charge in [0, 0.05) is 26.3 Å². The molecule has 3 heteroatoms. The van der Waals surface area contributed by atoms with Gasteiger partial charge in [-0.15, -0.1) is 0 Å². The van der Waals surface area contributed by atoms with Crippen molar-refractivity contribution in [2.45, 2.75) is 20.8 Å². The summed E-state index contributed by atoms with van der Waals surface area (Å²) in [5.74, 6) is 0. The normalized spacial score (nSPS) is 11.0. The number of aryl methyl sites for hydroxylation is 2. The number of anilines is 1. The molecule has 0 fully saturated rings. The second kappa shape index (κ2) is 4.91. The van der Waals surface area contributed by atoms with E-state index >= 15 is 0 Å². The maximum atomic E-state index is 4.10. The van der Waals surface area contributed by atoms with Gasteiger partial charge >= 0.3 is 0 Å². The maximum absolute atomic E-state index is 4.10. The molecular formula is C12H19N3. The highest BCUT2D eigenvalue weighted by Gasteiger charge is 2.06. The third-order valence-electron chi connectivity index (χ3n) is 2.61. The van der Waals surface area contributed by atoms with E-state index in [0.29, 0.717) is 0 Å². The Hall–Kier alpha value is -1.38. The fourth-order valence-corrected chi connectivity index (χ4v) is 1.58. The van der Waals surface area contributed by atoms with E-state index in [0.717, 1.165) is 12.2 Å². The first-order chi connectivity index (χ1) is 7.10. The summed E-state index contributed by atoms with van der Waals surface area (Å²) in [7, 11) is 3.80. The summed E-state index contributed by atoms with van der Waals surface area (Å²) in [5, 5.41) is 7.91. The highest BCUT2D eigenvalue weighted by molar-refractivity contribution is 5.62. The number of azo groups is 1. The first kappa shape index (κ1) is 11.7. The molecule has 0 aliphatic carbocycles. The molecule has 0 saturated carbocycles. The molecule has 15 heavy (non-hydrogen) atoms. The molecule has 0 saturated heterocycles. The number of hydrogen-bond donors (Lipinski definition) is 0. The van der Waals surface area contributed by atoms with E-state index in [9.17, 15) is 0 Å². The SMILES string of the molecule is CCN(C)c1cc(C)c(N=NC)cc1C. The molecule has 0 bridgehead atoms. The first-order valence-corrected chi connectivity index (χ1v) is 5.22. The number of nitrogens with zero attached hydrogens (tertiary/aromatic N) is 3. The van der Waals surface area contributed by atoms with Crippen LogP contribution in [0.4, 0.5) is 11.4 Å². The highest BCUT2D eigenvalue weighted by atomic mass is 15.1. The molecule has 0 spiro atoms. The lowest BCUT2D eigenvalue weighted by Crippen LogP contribution is -2.16. The maximum Gasteiger partial charge on any atom is 0.0885 e. The Kier molecular flexibility index (Phi) is 3.83.